The van der Waals surface area contributed by atoms with Crippen molar-refractivity contribution in [3.05, 3.63) is 34.8 Å². The first-order valence-corrected chi connectivity index (χ1v) is 5.17. The van der Waals surface area contributed by atoms with Crippen LogP contribution in [0, 0.1) is 25.2 Å². The fraction of sp³-hybridized carbons (Fsp3) is 0.182. The molecule has 2 heterocycles. The zero-order chi connectivity index (χ0) is 13.1. The number of aromatic nitrogens is 4. The van der Waals surface area contributed by atoms with E-state index in [9.17, 15) is 4.79 Å². The lowest BCUT2D eigenvalue weighted by atomic mass is 10.2. The van der Waals surface area contributed by atoms with Crippen molar-refractivity contribution in [1.82, 2.24) is 20.4 Å². The first-order valence-electron chi connectivity index (χ1n) is 5.17. The molecule has 2 aromatic heterocycles. The van der Waals surface area contributed by atoms with Crippen LogP contribution in [0.3, 0.4) is 0 Å². The van der Waals surface area contributed by atoms with Crippen LogP contribution in [0.4, 0.5) is 5.82 Å². The van der Waals surface area contributed by atoms with Gasteiger partial charge in [0.15, 0.2) is 0 Å². The molecule has 90 valence electrons. The van der Waals surface area contributed by atoms with Crippen molar-refractivity contribution >= 4 is 11.7 Å². The third kappa shape index (κ3) is 2.17. The average Bonchev–Trinajstić information content (AvgIpc) is 2.79. The molecule has 0 aliphatic heterocycles. The second-order valence-corrected chi connectivity index (χ2v) is 3.71. The first-order chi connectivity index (χ1) is 8.61. The molecule has 0 unspecified atom stereocenters. The molecule has 2 rings (SSSR count). The Morgan fingerprint density at radius 2 is 2.22 bits per heavy atom. The SMILES string of the molecule is Cc1cc(C(=O)Nc2[nH]ncc2C#N)c(C)nn1. The van der Waals surface area contributed by atoms with Crippen LogP contribution in [-0.4, -0.2) is 26.3 Å². The highest BCUT2D eigenvalue weighted by atomic mass is 16.1. The lowest BCUT2D eigenvalue weighted by Gasteiger charge is -2.05. The molecule has 0 saturated carbocycles. The predicted octanol–water partition coefficient (Wildman–Crippen LogP) is 0.941. The van der Waals surface area contributed by atoms with Gasteiger partial charge in [0.1, 0.15) is 17.5 Å². The summed E-state index contributed by atoms with van der Waals surface area (Å²) in [6, 6.07) is 3.56. The van der Waals surface area contributed by atoms with Crippen molar-refractivity contribution < 1.29 is 4.79 Å². The molecule has 7 nitrogen and oxygen atoms in total. The van der Waals surface area contributed by atoms with Crippen molar-refractivity contribution in [3.8, 4) is 6.07 Å². The van der Waals surface area contributed by atoms with Gasteiger partial charge in [0.05, 0.1) is 23.1 Å². The van der Waals surface area contributed by atoms with Gasteiger partial charge in [-0.05, 0) is 19.9 Å². The summed E-state index contributed by atoms with van der Waals surface area (Å²) >= 11 is 0. The van der Waals surface area contributed by atoms with Crippen LogP contribution in [0.2, 0.25) is 0 Å². The number of aromatic amines is 1. The number of aryl methyl sites for hydroxylation is 2. The summed E-state index contributed by atoms with van der Waals surface area (Å²) < 4.78 is 0. The lowest BCUT2D eigenvalue weighted by Crippen LogP contribution is -2.16. The first kappa shape index (κ1) is 11.7. The summed E-state index contributed by atoms with van der Waals surface area (Å²) in [6.45, 7) is 3.44. The van der Waals surface area contributed by atoms with Gasteiger partial charge in [-0.15, -0.1) is 0 Å². The van der Waals surface area contributed by atoms with Gasteiger partial charge in [0.25, 0.3) is 5.91 Å². The summed E-state index contributed by atoms with van der Waals surface area (Å²) in [5, 5.41) is 25.3. The van der Waals surface area contributed by atoms with E-state index >= 15 is 0 Å². The maximum absolute atomic E-state index is 12.0. The summed E-state index contributed by atoms with van der Waals surface area (Å²) in [5.74, 6) is -0.0809. The van der Waals surface area contributed by atoms with E-state index in [2.05, 4.69) is 25.7 Å². The van der Waals surface area contributed by atoms with Crippen molar-refractivity contribution in [2.45, 2.75) is 13.8 Å². The van der Waals surface area contributed by atoms with Gasteiger partial charge in [0, 0.05) is 0 Å². The van der Waals surface area contributed by atoms with Gasteiger partial charge in [-0.2, -0.15) is 20.6 Å². The minimum atomic E-state index is -0.355. The van der Waals surface area contributed by atoms with E-state index in [1.165, 1.54) is 6.20 Å². The van der Waals surface area contributed by atoms with Gasteiger partial charge >= 0.3 is 0 Å². The van der Waals surface area contributed by atoms with Crippen LogP contribution in [0.5, 0.6) is 0 Å². The molecule has 18 heavy (non-hydrogen) atoms. The molecule has 0 saturated heterocycles. The van der Waals surface area contributed by atoms with Crippen LogP contribution in [0.1, 0.15) is 27.3 Å². The largest absolute Gasteiger partial charge is 0.306 e. The number of H-pyrrole nitrogens is 1. The molecule has 7 heteroatoms. The second kappa shape index (κ2) is 4.63. The monoisotopic (exact) mass is 242 g/mol. The Morgan fingerprint density at radius 1 is 1.44 bits per heavy atom. The van der Waals surface area contributed by atoms with E-state index < -0.39 is 0 Å². The predicted molar refractivity (Wildman–Crippen MR) is 62.8 cm³/mol. The molecule has 0 bridgehead atoms. The van der Waals surface area contributed by atoms with E-state index in [-0.39, 0.29) is 17.3 Å². The van der Waals surface area contributed by atoms with Crippen LogP contribution >= 0.6 is 0 Å². The third-order valence-corrected chi connectivity index (χ3v) is 2.34. The van der Waals surface area contributed by atoms with E-state index in [1.807, 2.05) is 6.07 Å². The normalized spacial score (nSPS) is 9.83. The molecule has 0 aliphatic rings. The zero-order valence-electron chi connectivity index (χ0n) is 9.85. The standard InChI is InChI=1S/C11H10N6O/c1-6-3-9(7(2)16-15-6)11(18)14-10-8(4-12)5-13-17-10/h3,5H,1-2H3,(H2,13,14,17,18). The highest BCUT2D eigenvalue weighted by molar-refractivity contribution is 6.05. The Balaban J connectivity index is 2.28. The van der Waals surface area contributed by atoms with E-state index in [4.69, 9.17) is 5.26 Å². The summed E-state index contributed by atoms with van der Waals surface area (Å²) in [4.78, 5) is 12.0. The molecular weight excluding hydrogens is 232 g/mol. The van der Waals surface area contributed by atoms with E-state index in [1.54, 1.807) is 19.9 Å². The van der Waals surface area contributed by atoms with Gasteiger partial charge < -0.3 is 5.32 Å². The molecule has 1 amide bonds. The third-order valence-electron chi connectivity index (χ3n) is 2.34. The summed E-state index contributed by atoms with van der Waals surface area (Å²) in [5.41, 5.74) is 1.87. The fourth-order valence-electron chi connectivity index (χ4n) is 1.43. The molecule has 2 N–H and O–H groups in total. The Hall–Kier alpha value is -2.75. The molecule has 2 aromatic rings. The quantitative estimate of drug-likeness (QED) is 0.814. The highest BCUT2D eigenvalue weighted by Gasteiger charge is 2.14. The minimum absolute atomic E-state index is 0.274. The van der Waals surface area contributed by atoms with Crippen molar-refractivity contribution in [2.24, 2.45) is 0 Å². The molecule has 0 radical (unpaired) electrons. The number of anilines is 1. The van der Waals surface area contributed by atoms with E-state index in [0.29, 0.717) is 17.0 Å². The number of nitriles is 1. The number of amides is 1. The number of carbonyl (C=O) groups is 1. The van der Waals surface area contributed by atoms with Gasteiger partial charge in [-0.25, -0.2) is 0 Å². The fourth-order valence-corrected chi connectivity index (χ4v) is 1.43. The maximum atomic E-state index is 12.0. The van der Waals surface area contributed by atoms with Crippen molar-refractivity contribution in [3.63, 3.8) is 0 Å². The molecule has 0 aliphatic carbocycles. The number of nitrogens with zero attached hydrogens (tertiary/aromatic N) is 4. The molecule has 0 atom stereocenters. The molecular formula is C11H10N6O. The number of rotatable bonds is 2. The molecule has 0 fully saturated rings. The van der Waals surface area contributed by atoms with Crippen LogP contribution in [-0.2, 0) is 0 Å². The Kier molecular flexibility index (Phi) is 3.02. The Bertz CT molecular complexity index is 639. The second-order valence-electron chi connectivity index (χ2n) is 3.71. The lowest BCUT2D eigenvalue weighted by molar-refractivity contribution is 0.102. The average molecular weight is 242 g/mol. The van der Waals surface area contributed by atoms with Gasteiger partial charge in [0.2, 0.25) is 0 Å². The van der Waals surface area contributed by atoms with Crippen molar-refractivity contribution in [2.75, 3.05) is 5.32 Å². The minimum Gasteiger partial charge on any atom is -0.306 e. The van der Waals surface area contributed by atoms with Gasteiger partial charge in [-0.3, -0.25) is 9.89 Å². The van der Waals surface area contributed by atoms with Crippen LogP contribution in [0.15, 0.2) is 12.3 Å². The Morgan fingerprint density at radius 3 is 2.94 bits per heavy atom. The highest BCUT2D eigenvalue weighted by Crippen LogP contribution is 2.12. The Labute approximate surface area is 103 Å². The smallest absolute Gasteiger partial charge is 0.258 e. The van der Waals surface area contributed by atoms with Crippen molar-refractivity contribution in [1.29, 1.82) is 5.26 Å². The summed E-state index contributed by atoms with van der Waals surface area (Å²) in [6.07, 6.45) is 1.35. The zero-order valence-corrected chi connectivity index (χ0v) is 9.85. The van der Waals surface area contributed by atoms with E-state index in [0.717, 1.165) is 0 Å². The topological polar surface area (TPSA) is 107 Å². The number of hydrogen-bond acceptors (Lipinski definition) is 5. The number of carbonyl (C=O) groups excluding carboxylic acids is 1. The molecule has 0 spiro atoms. The summed E-state index contributed by atoms with van der Waals surface area (Å²) in [7, 11) is 0. The van der Waals surface area contributed by atoms with Crippen LogP contribution < -0.4 is 5.32 Å². The van der Waals surface area contributed by atoms with Gasteiger partial charge in [-0.1, -0.05) is 0 Å². The maximum Gasteiger partial charge on any atom is 0.258 e. The van der Waals surface area contributed by atoms with Crippen LogP contribution in [0.25, 0.3) is 0 Å². The number of nitrogens with one attached hydrogen (secondary N) is 2. The molecule has 0 aromatic carbocycles. The number of hydrogen-bond donors (Lipinski definition) is 2.